The van der Waals surface area contributed by atoms with Gasteiger partial charge < -0.3 is 68.3 Å². The molecule has 1 saturated heterocycles. The number of ether oxygens (including phenoxy) is 9. The zero-order valence-electron chi connectivity index (χ0n) is 49.8. The molecule has 0 aliphatic carbocycles. The molecule has 4 N–H and O–H groups in total. The molecule has 3 amide bonds. The highest BCUT2D eigenvalue weighted by atomic mass is 16.6. The fourth-order valence-electron chi connectivity index (χ4n) is 8.91. The largest absolute Gasteiger partial charge is 0.494 e. The van der Waals surface area contributed by atoms with Gasteiger partial charge in [-0.3, -0.25) is 24.0 Å². The number of aliphatic hydroxyl groups excluding tert-OH is 1. The molecular formula is C59H82N12O15. The summed E-state index contributed by atoms with van der Waals surface area (Å²) in [5.74, 6) is -1.59. The van der Waals surface area contributed by atoms with Crippen LogP contribution in [0, 0.1) is 11.3 Å². The van der Waals surface area contributed by atoms with E-state index in [0.717, 1.165) is 17.6 Å². The smallest absolute Gasteiger partial charge is 0.295 e. The first-order valence-corrected chi connectivity index (χ1v) is 29.1. The third-order valence-corrected chi connectivity index (χ3v) is 13.9. The number of pyridine rings is 1. The normalized spacial score (nSPS) is 13.2. The number of piperidine rings is 1. The maximum absolute atomic E-state index is 13.9. The van der Waals surface area contributed by atoms with Crippen LogP contribution in [0.3, 0.4) is 0 Å². The minimum Gasteiger partial charge on any atom is -0.494 e. The van der Waals surface area contributed by atoms with Gasteiger partial charge in [-0.05, 0) is 61.6 Å². The second-order valence-electron chi connectivity index (χ2n) is 20.1. The van der Waals surface area contributed by atoms with Gasteiger partial charge in [-0.25, -0.2) is 14.6 Å². The Labute approximate surface area is 500 Å². The molecule has 5 aromatic rings. The van der Waals surface area contributed by atoms with E-state index in [2.05, 4.69) is 73.0 Å². The highest BCUT2D eigenvalue weighted by Gasteiger charge is 2.31. The Kier molecular flexibility index (Phi) is 29.9. The Bertz CT molecular complexity index is 2960. The molecule has 1 aliphatic rings. The first-order valence-electron chi connectivity index (χ1n) is 29.1. The number of aliphatic hydroxyl groups is 1. The molecule has 1 aromatic carbocycles. The average molecular weight is 1200 g/mol. The van der Waals surface area contributed by atoms with Crippen molar-refractivity contribution in [1.82, 2.24) is 55.3 Å². The summed E-state index contributed by atoms with van der Waals surface area (Å²) >= 11 is 0. The van der Waals surface area contributed by atoms with Gasteiger partial charge in [-0.1, -0.05) is 43.3 Å². The lowest BCUT2D eigenvalue weighted by Crippen LogP contribution is -2.40. The van der Waals surface area contributed by atoms with E-state index < -0.39 is 23.6 Å². The summed E-state index contributed by atoms with van der Waals surface area (Å²) in [6.07, 6.45) is 9.16. The van der Waals surface area contributed by atoms with Gasteiger partial charge >= 0.3 is 0 Å². The third-order valence-electron chi connectivity index (χ3n) is 13.9. The quantitative estimate of drug-likeness (QED) is 0.0187. The van der Waals surface area contributed by atoms with Gasteiger partial charge in [-0.2, -0.15) is 9.94 Å². The molecule has 1 fully saturated rings. The number of benzene rings is 1. The fourth-order valence-corrected chi connectivity index (χ4v) is 8.91. The summed E-state index contributed by atoms with van der Waals surface area (Å²) in [6, 6.07) is 9.75. The van der Waals surface area contributed by atoms with Gasteiger partial charge in [0.2, 0.25) is 11.7 Å². The van der Waals surface area contributed by atoms with Gasteiger partial charge in [0, 0.05) is 38.7 Å². The van der Waals surface area contributed by atoms with E-state index in [0.29, 0.717) is 172 Å². The molecule has 468 valence electrons. The number of fused-ring (bicyclic) bond motifs is 1. The molecule has 27 nitrogen and oxygen atoms in total. The van der Waals surface area contributed by atoms with Crippen molar-refractivity contribution in [3.8, 4) is 17.6 Å². The Morgan fingerprint density at radius 2 is 1.43 bits per heavy atom. The molecule has 27 heteroatoms. The number of nitrogens with zero attached hydrogens (tertiary/aromatic N) is 9. The number of hydrogen-bond acceptors (Lipinski definition) is 21. The van der Waals surface area contributed by atoms with Crippen LogP contribution in [-0.2, 0) is 65.4 Å². The zero-order chi connectivity index (χ0) is 61.3. The first-order chi connectivity index (χ1) is 41.9. The summed E-state index contributed by atoms with van der Waals surface area (Å²) in [5, 5.41) is 38.5. The van der Waals surface area contributed by atoms with Crippen LogP contribution >= 0.6 is 0 Å². The Hall–Kier alpha value is -7.39. The Morgan fingerprint density at radius 1 is 0.814 bits per heavy atom. The monoisotopic (exact) mass is 1200 g/mol. The van der Waals surface area contributed by atoms with E-state index in [1.807, 2.05) is 12.1 Å². The van der Waals surface area contributed by atoms with E-state index in [1.165, 1.54) is 47.9 Å². The molecule has 6 rings (SSSR count). The van der Waals surface area contributed by atoms with Crippen molar-refractivity contribution in [2.24, 2.45) is 0 Å². The number of hydrogen-bond donors (Lipinski definition) is 4. The molecule has 86 heavy (non-hydrogen) atoms. The maximum atomic E-state index is 13.9. The number of methoxy groups -OCH3 is 1. The molecule has 5 heterocycles. The van der Waals surface area contributed by atoms with Crippen LogP contribution in [0.1, 0.15) is 109 Å². The number of H-pyrrole nitrogens is 1. The van der Waals surface area contributed by atoms with Crippen LogP contribution in [0.2, 0.25) is 0 Å². The van der Waals surface area contributed by atoms with Crippen molar-refractivity contribution >= 4 is 45.8 Å². The molecule has 0 bridgehead atoms. The van der Waals surface area contributed by atoms with Gasteiger partial charge in [-0.15, -0.1) is 10.2 Å². The Balaban J connectivity index is 0.780. The number of ketones is 2. The van der Waals surface area contributed by atoms with Crippen molar-refractivity contribution in [2.75, 3.05) is 132 Å². The highest BCUT2D eigenvalue weighted by Crippen LogP contribution is 2.33. The summed E-state index contributed by atoms with van der Waals surface area (Å²) in [6.45, 7) is 13.1. The van der Waals surface area contributed by atoms with E-state index >= 15 is 0 Å². The maximum Gasteiger partial charge on any atom is 0.295 e. The van der Waals surface area contributed by atoms with Crippen LogP contribution in [0.5, 0.6) is 5.75 Å². The van der Waals surface area contributed by atoms with Crippen molar-refractivity contribution in [3.05, 3.63) is 83.0 Å². The van der Waals surface area contributed by atoms with E-state index in [1.54, 1.807) is 10.9 Å². The number of allylic oxidation sites excluding steroid dienone is 1. The number of nitrogens with one attached hydrogen (secondary N) is 3. The fraction of sp³-hybridized carbons (Fsp3) is 0.576. The molecule has 4 aromatic heterocycles. The van der Waals surface area contributed by atoms with Crippen molar-refractivity contribution < 1.29 is 71.7 Å². The number of likely N-dealkylation sites (tertiary alicyclic amines) is 1. The molecular weight excluding hydrogens is 1120 g/mol. The predicted molar refractivity (Wildman–Crippen MR) is 311 cm³/mol. The summed E-state index contributed by atoms with van der Waals surface area (Å²) < 4.78 is 52.6. The number of rotatable bonds is 43. The Morgan fingerprint density at radius 3 is 2.03 bits per heavy atom. The van der Waals surface area contributed by atoms with Crippen LogP contribution in [-0.4, -0.2) is 218 Å². The third kappa shape index (κ3) is 22.2. The predicted octanol–water partition coefficient (Wildman–Crippen LogP) is 3.73. The lowest BCUT2D eigenvalue weighted by molar-refractivity contribution is -0.127. The first kappa shape index (κ1) is 67.7. The molecule has 1 unspecified atom stereocenters. The second kappa shape index (κ2) is 37.9. The number of carbonyl (C=O) groups excluding carboxylic acids is 5. The van der Waals surface area contributed by atoms with Gasteiger partial charge in [0.05, 0.1) is 173 Å². The van der Waals surface area contributed by atoms with E-state index in [4.69, 9.17) is 42.6 Å². The highest BCUT2D eigenvalue weighted by molar-refractivity contribution is 6.45. The topological polar surface area (TPSA) is 330 Å². The average Bonchev–Trinajstić information content (AvgIpc) is 2.37. The summed E-state index contributed by atoms with van der Waals surface area (Å²) in [7, 11) is 1.42. The number of carbonyl (C=O) groups is 5. The minimum atomic E-state index is -0.753. The van der Waals surface area contributed by atoms with Crippen LogP contribution in [0.25, 0.3) is 22.3 Å². The number of aromatic amines is 1. The second-order valence-corrected chi connectivity index (χ2v) is 20.1. The van der Waals surface area contributed by atoms with Crippen LogP contribution < -0.4 is 15.4 Å². The molecule has 1 aliphatic heterocycles. The molecule has 2 atom stereocenters. The van der Waals surface area contributed by atoms with Crippen molar-refractivity contribution in [1.29, 1.82) is 5.26 Å². The SMILES string of the molecule is CCC(C)c1ccc(C(C#N)=C2CCN(C(=O)C(=O)c3c[nH]c4c(-n5cnc(C(=O)N[C@H](CO)CCCNC(=O)CCOCCOCCOCCOCc6cn(CCOCCOCCOCCOCCC(C)=O)nn6)n5)ncc(OC)c34)CC2)cc1. The molecule has 0 radical (unpaired) electrons. The van der Waals surface area contributed by atoms with Crippen LogP contribution in [0.4, 0.5) is 0 Å². The molecule has 0 saturated carbocycles. The van der Waals surface area contributed by atoms with E-state index in [-0.39, 0.29) is 67.4 Å². The minimum absolute atomic E-state index is 0.0663. The van der Waals surface area contributed by atoms with Gasteiger partial charge in [0.1, 0.15) is 23.6 Å². The standard InChI is InChI=1S/C59H82N12O15/c1-5-42(2)44-8-10-45(11-9-44)49(35-60)46-12-17-69(18-13-46)59(77)55(75)50-36-62-54-53(50)51(78-4)37-63-57(54)71-41-64-56(67-71)58(76)65-47(39-72)7-6-16-61-52(74)15-21-80-24-27-83-31-32-85-33-34-86-40-48-38-70(68-66-48)19-22-81-25-28-84-30-29-82-26-23-79-20-14-43(3)73/h8-11,36-38,41-42,47,62,72H,5-7,12-34,39-40H2,1-4H3,(H,61,74)(H,65,76)/t42?,47-/m0/s1. The van der Waals surface area contributed by atoms with Crippen molar-refractivity contribution in [2.45, 2.75) is 90.8 Å². The number of Topliss-reactive ketones (excluding diaryl/α,β-unsaturated/α-hetero) is 2. The number of aromatic nitrogens is 8. The van der Waals surface area contributed by atoms with Crippen LogP contribution in [0.15, 0.2) is 54.8 Å². The lowest BCUT2D eigenvalue weighted by atomic mass is 9.91. The van der Waals surface area contributed by atoms with Gasteiger partial charge in [0.15, 0.2) is 5.82 Å². The van der Waals surface area contributed by atoms with E-state index in [9.17, 15) is 34.3 Å². The summed E-state index contributed by atoms with van der Waals surface area (Å²) in [5.41, 5.74) is 4.65. The summed E-state index contributed by atoms with van der Waals surface area (Å²) in [4.78, 5) is 77.3. The molecule has 0 spiro atoms. The number of amides is 3. The lowest BCUT2D eigenvalue weighted by Gasteiger charge is -2.28. The zero-order valence-corrected chi connectivity index (χ0v) is 49.8. The van der Waals surface area contributed by atoms with Gasteiger partial charge in [0.25, 0.3) is 17.6 Å². The number of nitriles is 1. The van der Waals surface area contributed by atoms with Crippen molar-refractivity contribution in [3.63, 3.8) is 0 Å².